The predicted molar refractivity (Wildman–Crippen MR) is 69.6 cm³/mol. The number of hydrogen-bond donors (Lipinski definition) is 1. The van der Waals surface area contributed by atoms with Crippen LogP contribution in [-0.4, -0.2) is 11.3 Å². The summed E-state index contributed by atoms with van der Waals surface area (Å²) < 4.78 is 26.7. The van der Waals surface area contributed by atoms with Crippen molar-refractivity contribution in [2.45, 2.75) is 44.6 Å². The Balaban J connectivity index is 2.14. The van der Waals surface area contributed by atoms with Crippen molar-refractivity contribution in [3.63, 3.8) is 0 Å². The van der Waals surface area contributed by atoms with Crippen LogP contribution < -0.4 is 5.73 Å². The predicted octanol–water partition coefficient (Wildman–Crippen LogP) is 2.98. The number of carbonyl (C=O) groups is 1. The molecule has 1 aliphatic carbocycles. The first kappa shape index (κ1) is 14.1. The monoisotopic (exact) mass is 267 g/mol. The third kappa shape index (κ3) is 3.00. The maximum Gasteiger partial charge on any atom is 0.162 e. The molecule has 2 atom stereocenters. The van der Waals surface area contributed by atoms with Gasteiger partial charge in [0.15, 0.2) is 17.4 Å². The number of halogens is 2. The van der Waals surface area contributed by atoms with E-state index in [0.29, 0.717) is 18.8 Å². The Morgan fingerprint density at radius 1 is 1.47 bits per heavy atom. The Hall–Kier alpha value is -1.29. The molecule has 1 saturated carbocycles. The summed E-state index contributed by atoms with van der Waals surface area (Å²) in [5.74, 6) is -1.65. The summed E-state index contributed by atoms with van der Waals surface area (Å²) >= 11 is 0. The van der Waals surface area contributed by atoms with E-state index in [1.807, 2.05) is 0 Å². The van der Waals surface area contributed by atoms with Crippen molar-refractivity contribution in [3.05, 3.63) is 35.4 Å². The van der Waals surface area contributed by atoms with Gasteiger partial charge in [-0.05, 0) is 30.4 Å². The number of nitrogens with two attached hydrogens (primary N) is 1. The minimum Gasteiger partial charge on any atom is -0.319 e. The minimum atomic E-state index is -0.941. The van der Waals surface area contributed by atoms with Crippen LogP contribution in [0.5, 0.6) is 0 Å². The molecule has 1 aliphatic rings. The van der Waals surface area contributed by atoms with Gasteiger partial charge in [0.1, 0.15) is 0 Å². The summed E-state index contributed by atoms with van der Waals surface area (Å²) in [5.41, 5.74) is 5.38. The highest BCUT2D eigenvalue weighted by Gasteiger charge is 2.37. The minimum absolute atomic E-state index is 0.0908. The Kier molecular flexibility index (Phi) is 3.99. The molecule has 2 unspecified atom stereocenters. The van der Waals surface area contributed by atoms with Crippen LogP contribution in [0.15, 0.2) is 18.2 Å². The molecule has 2 nitrogen and oxygen atoms in total. The molecule has 4 heteroatoms. The third-order valence-electron chi connectivity index (χ3n) is 3.97. The van der Waals surface area contributed by atoms with Gasteiger partial charge in [-0.15, -0.1) is 0 Å². The molecule has 19 heavy (non-hydrogen) atoms. The van der Waals surface area contributed by atoms with Crippen molar-refractivity contribution < 1.29 is 13.6 Å². The fraction of sp³-hybridized carbons (Fsp3) is 0.533. The zero-order valence-electron chi connectivity index (χ0n) is 11.1. The summed E-state index contributed by atoms with van der Waals surface area (Å²) in [4.78, 5) is 12.3. The van der Waals surface area contributed by atoms with Crippen molar-refractivity contribution in [1.82, 2.24) is 0 Å². The van der Waals surface area contributed by atoms with E-state index in [2.05, 4.69) is 6.92 Å². The van der Waals surface area contributed by atoms with Crippen LogP contribution in [0, 0.1) is 17.6 Å². The van der Waals surface area contributed by atoms with E-state index in [4.69, 9.17) is 5.73 Å². The van der Waals surface area contributed by atoms with Crippen LogP contribution in [-0.2, 0) is 11.2 Å². The van der Waals surface area contributed by atoms with Crippen molar-refractivity contribution in [1.29, 1.82) is 0 Å². The molecule has 104 valence electrons. The van der Waals surface area contributed by atoms with Gasteiger partial charge in [-0.2, -0.15) is 0 Å². The van der Waals surface area contributed by atoms with Gasteiger partial charge in [0.2, 0.25) is 0 Å². The smallest absolute Gasteiger partial charge is 0.162 e. The van der Waals surface area contributed by atoms with Crippen molar-refractivity contribution in [3.8, 4) is 0 Å². The Morgan fingerprint density at radius 2 is 2.21 bits per heavy atom. The first-order valence-corrected chi connectivity index (χ1v) is 6.67. The van der Waals surface area contributed by atoms with Crippen LogP contribution in [0.2, 0.25) is 0 Å². The molecule has 0 aromatic heterocycles. The van der Waals surface area contributed by atoms with E-state index in [1.165, 1.54) is 12.1 Å². The van der Waals surface area contributed by atoms with E-state index >= 15 is 0 Å². The van der Waals surface area contributed by atoms with E-state index in [1.54, 1.807) is 0 Å². The highest BCUT2D eigenvalue weighted by molar-refractivity contribution is 5.90. The van der Waals surface area contributed by atoms with Crippen molar-refractivity contribution in [2.75, 3.05) is 0 Å². The van der Waals surface area contributed by atoms with Crippen LogP contribution in [0.4, 0.5) is 8.78 Å². The fourth-order valence-corrected chi connectivity index (χ4v) is 2.88. The molecule has 1 fully saturated rings. The van der Waals surface area contributed by atoms with Gasteiger partial charge in [0.25, 0.3) is 0 Å². The summed E-state index contributed by atoms with van der Waals surface area (Å²) in [6.45, 7) is 2.07. The van der Waals surface area contributed by atoms with Gasteiger partial charge in [-0.1, -0.05) is 31.9 Å². The quantitative estimate of drug-likeness (QED) is 0.915. The molecule has 0 bridgehead atoms. The SMILES string of the molecule is CC1CCCC(N)(C(=O)Cc2cccc(F)c2F)C1. The Labute approximate surface area is 112 Å². The largest absolute Gasteiger partial charge is 0.319 e. The maximum absolute atomic E-state index is 13.6. The number of rotatable bonds is 3. The summed E-state index contributed by atoms with van der Waals surface area (Å²) in [6.07, 6.45) is 3.11. The van der Waals surface area contributed by atoms with Crippen LogP contribution in [0.1, 0.15) is 38.2 Å². The molecule has 1 aromatic rings. The average Bonchev–Trinajstić information content (AvgIpc) is 2.34. The number of hydrogen-bond acceptors (Lipinski definition) is 2. The molecule has 2 rings (SSSR count). The topological polar surface area (TPSA) is 43.1 Å². The van der Waals surface area contributed by atoms with Gasteiger partial charge in [0.05, 0.1) is 5.54 Å². The van der Waals surface area contributed by atoms with E-state index in [0.717, 1.165) is 18.9 Å². The molecule has 0 heterocycles. The molecule has 2 N–H and O–H groups in total. The molecule has 0 radical (unpaired) electrons. The molecule has 0 aliphatic heterocycles. The van der Waals surface area contributed by atoms with Crippen molar-refractivity contribution >= 4 is 5.78 Å². The van der Waals surface area contributed by atoms with E-state index in [9.17, 15) is 13.6 Å². The average molecular weight is 267 g/mol. The van der Waals surface area contributed by atoms with E-state index in [-0.39, 0.29) is 17.8 Å². The second kappa shape index (κ2) is 5.37. The molecule has 1 aromatic carbocycles. The highest BCUT2D eigenvalue weighted by atomic mass is 19.2. The van der Waals surface area contributed by atoms with Crippen LogP contribution in [0.3, 0.4) is 0 Å². The van der Waals surface area contributed by atoms with Crippen LogP contribution in [0.25, 0.3) is 0 Å². The Morgan fingerprint density at radius 3 is 2.89 bits per heavy atom. The second-order valence-electron chi connectivity index (χ2n) is 5.67. The summed E-state index contributed by atoms with van der Waals surface area (Å²) in [7, 11) is 0. The van der Waals surface area contributed by atoms with Gasteiger partial charge < -0.3 is 5.73 Å². The van der Waals surface area contributed by atoms with Gasteiger partial charge >= 0.3 is 0 Å². The Bertz CT molecular complexity index is 489. The molecular formula is C15H19F2NO. The number of ketones is 1. The van der Waals surface area contributed by atoms with Crippen molar-refractivity contribution in [2.24, 2.45) is 11.7 Å². The maximum atomic E-state index is 13.6. The lowest BCUT2D eigenvalue weighted by atomic mass is 9.73. The molecule has 0 saturated heterocycles. The number of carbonyl (C=O) groups excluding carboxylic acids is 1. The lowest BCUT2D eigenvalue weighted by Crippen LogP contribution is -2.51. The molecule has 0 amide bonds. The van der Waals surface area contributed by atoms with Crippen LogP contribution >= 0.6 is 0 Å². The summed E-state index contributed by atoms with van der Waals surface area (Å²) in [5, 5.41) is 0. The number of benzene rings is 1. The lowest BCUT2D eigenvalue weighted by molar-refractivity contribution is -0.125. The summed E-state index contributed by atoms with van der Waals surface area (Å²) in [6, 6.07) is 3.89. The fourth-order valence-electron chi connectivity index (χ4n) is 2.88. The normalized spacial score (nSPS) is 27.3. The van der Waals surface area contributed by atoms with E-state index < -0.39 is 17.2 Å². The van der Waals surface area contributed by atoms with Gasteiger partial charge in [0, 0.05) is 6.42 Å². The lowest BCUT2D eigenvalue weighted by Gasteiger charge is -2.35. The standard InChI is InChI=1S/C15H19F2NO/c1-10-4-3-7-15(18,9-10)13(19)8-11-5-2-6-12(16)14(11)17/h2,5-6,10H,3-4,7-9,18H2,1H3. The number of Topliss-reactive ketones (excluding diaryl/α,β-unsaturated/α-hetero) is 1. The first-order valence-electron chi connectivity index (χ1n) is 6.67. The highest BCUT2D eigenvalue weighted by Crippen LogP contribution is 2.32. The zero-order valence-corrected chi connectivity index (χ0v) is 11.1. The zero-order chi connectivity index (χ0) is 14.0. The van der Waals surface area contributed by atoms with Gasteiger partial charge in [-0.25, -0.2) is 8.78 Å². The second-order valence-corrected chi connectivity index (χ2v) is 5.67. The molecule has 0 spiro atoms. The molecular weight excluding hydrogens is 248 g/mol. The first-order chi connectivity index (χ1) is 8.92. The van der Waals surface area contributed by atoms with Gasteiger partial charge in [-0.3, -0.25) is 4.79 Å². The third-order valence-corrected chi connectivity index (χ3v) is 3.97.